The Kier molecular flexibility index (Phi) is 5.19. The molecular weight excluding hydrogens is 388 g/mol. The SMILES string of the molecule is CCc1nc(C)c2c(C)c(C(=O)Nc3cccc(CN4CCOC4=O)c3)sc2n1. The van der Waals surface area contributed by atoms with E-state index in [4.69, 9.17) is 4.74 Å². The van der Waals surface area contributed by atoms with E-state index < -0.39 is 0 Å². The highest BCUT2D eigenvalue weighted by atomic mass is 32.1. The van der Waals surface area contributed by atoms with Crippen LogP contribution >= 0.6 is 11.3 Å². The maximum Gasteiger partial charge on any atom is 0.410 e. The molecular formula is C21H22N4O3S. The molecule has 4 rings (SSSR count). The molecule has 0 atom stereocenters. The van der Waals surface area contributed by atoms with Gasteiger partial charge in [-0.15, -0.1) is 11.3 Å². The van der Waals surface area contributed by atoms with Crippen molar-refractivity contribution in [1.82, 2.24) is 14.9 Å². The topological polar surface area (TPSA) is 84.4 Å². The number of benzene rings is 1. The maximum atomic E-state index is 12.9. The van der Waals surface area contributed by atoms with Gasteiger partial charge in [-0.05, 0) is 37.1 Å². The summed E-state index contributed by atoms with van der Waals surface area (Å²) in [5, 5.41) is 3.93. The number of anilines is 1. The molecule has 29 heavy (non-hydrogen) atoms. The number of carbonyl (C=O) groups is 2. The lowest BCUT2D eigenvalue weighted by Crippen LogP contribution is -2.23. The normalized spacial score (nSPS) is 13.8. The van der Waals surface area contributed by atoms with E-state index in [0.717, 1.165) is 39.3 Å². The van der Waals surface area contributed by atoms with Crippen LogP contribution in [0.15, 0.2) is 24.3 Å². The molecule has 3 aromatic rings. The Bertz CT molecular complexity index is 1110. The highest BCUT2D eigenvalue weighted by Crippen LogP contribution is 2.32. The van der Waals surface area contributed by atoms with Crippen LogP contribution in [0.4, 0.5) is 10.5 Å². The molecule has 3 heterocycles. The lowest BCUT2D eigenvalue weighted by Gasteiger charge is -2.13. The molecule has 2 amide bonds. The summed E-state index contributed by atoms with van der Waals surface area (Å²) < 4.78 is 4.97. The minimum Gasteiger partial charge on any atom is -0.448 e. The summed E-state index contributed by atoms with van der Waals surface area (Å²) >= 11 is 1.39. The van der Waals surface area contributed by atoms with Crippen molar-refractivity contribution in [2.75, 3.05) is 18.5 Å². The summed E-state index contributed by atoms with van der Waals surface area (Å²) in [7, 11) is 0. The van der Waals surface area contributed by atoms with Crippen LogP contribution in [0.1, 0.15) is 39.2 Å². The first-order chi connectivity index (χ1) is 14.0. The number of nitrogens with zero attached hydrogens (tertiary/aromatic N) is 3. The van der Waals surface area contributed by atoms with Gasteiger partial charge in [0.25, 0.3) is 5.91 Å². The minimum atomic E-state index is -0.303. The van der Waals surface area contributed by atoms with Gasteiger partial charge >= 0.3 is 6.09 Å². The third kappa shape index (κ3) is 3.80. The van der Waals surface area contributed by atoms with Crippen LogP contribution in [-0.4, -0.2) is 40.0 Å². The van der Waals surface area contributed by atoms with E-state index in [1.807, 2.05) is 45.0 Å². The van der Waals surface area contributed by atoms with Gasteiger partial charge in [0.05, 0.1) is 11.4 Å². The first-order valence-electron chi connectivity index (χ1n) is 9.55. The summed E-state index contributed by atoms with van der Waals surface area (Å²) in [5.74, 6) is 0.622. The number of hydrogen-bond donors (Lipinski definition) is 1. The Labute approximate surface area is 172 Å². The second-order valence-electron chi connectivity index (χ2n) is 7.01. The van der Waals surface area contributed by atoms with Gasteiger partial charge in [-0.2, -0.15) is 0 Å². The standard InChI is InChI=1S/C21H22N4O3S/c1-4-16-22-13(3)17-12(2)18(29-20(17)24-16)19(26)23-15-7-5-6-14(10-15)11-25-8-9-28-21(25)27/h5-7,10H,4,8-9,11H2,1-3H3,(H,23,26). The number of fused-ring (bicyclic) bond motifs is 1. The van der Waals surface area contributed by atoms with Gasteiger partial charge in [0.1, 0.15) is 17.3 Å². The van der Waals surface area contributed by atoms with Crippen LogP contribution in [0.3, 0.4) is 0 Å². The summed E-state index contributed by atoms with van der Waals surface area (Å²) in [6, 6.07) is 7.52. The van der Waals surface area contributed by atoms with Gasteiger partial charge in [0.15, 0.2) is 0 Å². The zero-order chi connectivity index (χ0) is 20.5. The van der Waals surface area contributed by atoms with Gasteiger partial charge in [0.2, 0.25) is 0 Å². The van der Waals surface area contributed by atoms with E-state index in [-0.39, 0.29) is 12.0 Å². The van der Waals surface area contributed by atoms with Crippen molar-refractivity contribution >= 4 is 39.2 Å². The molecule has 1 saturated heterocycles. The number of amides is 2. The first-order valence-corrected chi connectivity index (χ1v) is 10.4. The van der Waals surface area contributed by atoms with Crippen molar-refractivity contribution in [2.45, 2.75) is 33.7 Å². The number of cyclic esters (lactones) is 1. The zero-order valence-corrected chi connectivity index (χ0v) is 17.4. The highest BCUT2D eigenvalue weighted by Gasteiger charge is 2.22. The number of rotatable bonds is 5. The summed E-state index contributed by atoms with van der Waals surface area (Å²) in [6.07, 6.45) is 0.454. The fourth-order valence-electron chi connectivity index (χ4n) is 3.49. The largest absolute Gasteiger partial charge is 0.448 e. The first kappa shape index (κ1) is 19.3. The van der Waals surface area contributed by atoms with E-state index in [0.29, 0.717) is 30.3 Å². The van der Waals surface area contributed by atoms with Crippen LogP contribution < -0.4 is 5.32 Å². The Morgan fingerprint density at radius 1 is 1.31 bits per heavy atom. The van der Waals surface area contributed by atoms with E-state index in [2.05, 4.69) is 15.3 Å². The number of aromatic nitrogens is 2. The van der Waals surface area contributed by atoms with Crippen LogP contribution in [0.5, 0.6) is 0 Å². The maximum absolute atomic E-state index is 12.9. The number of nitrogens with one attached hydrogen (secondary N) is 1. The Hall–Kier alpha value is -3.00. The molecule has 0 bridgehead atoms. The smallest absolute Gasteiger partial charge is 0.410 e. The Morgan fingerprint density at radius 3 is 2.86 bits per heavy atom. The second-order valence-corrected chi connectivity index (χ2v) is 8.00. The molecule has 150 valence electrons. The molecule has 1 aromatic carbocycles. The average molecular weight is 410 g/mol. The summed E-state index contributed by atoms with van der Waals surface area (Å²) in [6.45, 7) is 7.37. The van der Waals surface area contributed by atoms with Gasteiger partial charge in [-0.1, -0.05) is 19.1 Å². The van der Waals surface area contributed by atoms with Crippen LogP contribution in [0.25, 0.3) is 10.2 Å². The quantitative estimate of drug-likeness (QED) is 0.685. The predicted molar refractivity (Wildman–Crippen MR) is 112 cm³/mol. The number of carbonyl (C=O) groups excluding carboxylic acids is 2. The van der Waals surface area contributed by atoms with Crippen molar-refractivity contribution in [1.29, 1.82) is 0 Å². The van der Waals surface area contributed by atoms with Crippen molar-refractivity contribution in [3.63, 3.8) is 0 Å². The molecule has 8 heteroatoms. The van der Waals surface area contributed by atoms with Crippen LogP contribution in [-0.2, 0) is 17.7 Å². The molecule has 0 saturated carbocycles. The molecule has 1 aliphatic heterocycles. The van der Waals surface area contributed by atoms with E-state index >= 15 is 0 Å². The lowest BCUT2D eigenvalue weighted by molar-refractivity contribution is 0.103. The van der Waals surface area contributed by atoms with Gasteiger partial charge < -0.3 is 15.0 Å². The predicted octanol–water partition coefficient (Wildman–Crippen LogP) is 4.08. The molecule has 2 aromatic heterocycles. The molecule has 0 aliphatic carbocycles. The van der Waals surface area contributed by atoms with E-state index in [1.54, 1.807) is 4.90 Å². The van der Waals surface area contributed by atoms with Gasteiger partial charge in [-0.25, -0.2) is 14.8 Å². The van der Waals surface area contributed by atoms with Crippen molar-refractivity contribution in [3.8, 4) is 0 Å². The Morgan fingerprint density at radius 2 is 2.14 bits per heavy atom. The van der Waals surface area contributed by atoms with E-state index in [9.17, 15) is 9.59 Å². The van der Waals surface area contributed by atoms with Crippen molar-refractivity contribution in [2.24, 2.45) is 0 Å². The van der Waals surface area contributed by atoms with Gasteiger partial charge in [0, 0.05) is 29.7 Å². The average Bonchev–Trinajstić information content (AvgIpc) is 3.25. The van der Waals surface area contributed by atoms with Gasteiger partial charge in [-0.3, -0.25) is 4.79 Å². The van der Waals surface area contributed by atoms with Crippen LogP contribution in [0.2, 0.25) is 0 Å². The molecule has 0 radical (unpaired) electrons. The lowest BCUT2D eigenvalue weighted by atomic mass is 10.1. The van der Waals surface area contributed by atoms with E-state index in [1.165, 1.54) is 11.3 Å². The number of aryl methyl sites for hydroxylation is 3. The van der Waals surface area contributed by atoms with Crippen molar-refractivity contribution in [3.05, 3.63) is 51.8 Å². The number of hydrogen-bond acceptors (Lipinski definition) is 6. The third-order valence-electron chi connectivity index (χ3n) is 4.94. The Balaban J connectivity index is 1.56. The van der Waals surface area contributed by atoms with Crippen LogP contribution in [0, 0.1) is 13.8 Å². The molecule has 0 unspecified atom stereocenters. The summed E-state index contributed by atoms with van der Waals surface area (Å²) in [5.41, 5.74) is 3.43. The molecule has 0 spiro atoms. The number of thiophene rings is 1. The van der Waals surface area contributed by atoms with Crippen molar-refractivity contribution < 1.29 is 14.3 Å². The number of ether oxygens (including phenoxy) is 1. The fraction of sp³-hybridized carbons (Fsp3) is 0.333. The fourth-order valence-corrected chi connectivity index (χ4v) is 4.64. The third-order valence-corrected chi connectivity index (χ3v) is 6.13. The molecule has 7 nitrogen and oxygen atoms in total. The molecule has 1 fully saturated rings. The monoisotopic (exact) mass is 410 g/mol. The second kappa shape index (κ2) is 7.79. The minimum absolute atomic E-state index is 0.166. The zero-order valence-electron chi connectivity index (χ0n) is 16.6. The molecule has 1 aliphatic rings. The summed E-state index contributed by atoms with van der Waals surface area (Å²) in [4.78, 5) is 36.8. The highest BCUT2D eigenvalue weighted by molar-refractivity contribution is 7.20. The molecule has 1 N–H and O–H groups in total.